The number of nitrogens with zero attached hydrogens (tertiary/aromatic N) is 1. The van der Waals surface area contributed by atoms with Gasteiger partial charge < -0.3 is 5.11 Å². The average Bonchev–Trinajstić information content (AvgIpc) is 2.76. The number of aliphatic hydroxyl groups is 1. The van der Waals surface area contributed by atoms with Crippen molar-refractivity contribution in [2.75, 3.05) is 13.1 Å². The molecule has 2 heteroatoms. The van der Waals surface area contributed by atoms with E-state index in [4.69, 9.17) is 0 Å². The molecule has 0 radical (unpaired) electrons. The van der Waals surface area contributed by atoms with E-state index in [0.717, 1.165) is 18.9 Å². The molecular weight excluding hydrogens is 150 g/mol. The standard InChI is InChI=1S/C10H19NO/c1-2-9-5-10(12)7-11(9)6-8-3-4-8/h8-10,12H,2-7H2,1H3/t9-,10-/m0/s1. The zero-order valence-corrected chi connectivity index (χ0v) is 7.87. The highest BCUT2D eigenvalue weighted by Gasteiger charge is 2.33. The summed E-state index contributed by atoms with van der Waals surface area (Å²) in [4.78, 5) is 2.49. The smallest absolute Gasteiger partial charge is 0.0682 e. The van der Waals surface area contributed by atoms with Crippen molar-refractivity contribution in [3.05, 3.63) is 0 Å². The first kappa shape index (κ1) is 8.52. The first-order chi connectivity index (χ1) is 5.79. The van der Waals surface area contributed by atoms with Crippen LogP contribution in [-0.2, 0) is 0 Å². The van der Waals surface area contributed by atoms with Gasteiger partial charge in [-0.25, -0.2) is 0 Å². The molecule has 1 N–H and O–H groups in total. The van der Waals surface area contributed by atoms with Gasteiger partial charge in [0.1, 0.15) is 0 Å². The Morgan fingerprint density at radius 2 is 2.17 bits per heavy atom. The fourth-order valence-electron chi connectivity index (χ4n) is 2.24. The maximum Gasteiger partial charge on any atom is 0.0682 e. The van der Waals surface area contributed by atoms with Gasteiger partial charge in [-0.05, 0) is 31.6 Å². The lowest BCUT2D eigenvalue weighted by molar-refractivity contribution is 0.172. The van der Waals surface area contributed by atoms with Crippen LogP contribution in [0.15, 0.2) is 0 Å². The molecule has 2 aliphatic rings. The Bertz CT molecular complexity index is 156. The molecule has 1 aliphatic heterocycles. The van der Waals surface area contributed by atoms with Crippen molar-refractivity contribution in [2.24, 2.45) is 5.92 Å². The van der Waals surface area contributed by atoms with Crippen molar-refractivity contribution >= 4 is 0 Å². The molecule has 0 aromatic rings. The second-order valence-electron chi connectivity index (χ2n) is 4.35. The van der Waals surface area contributed by atoms with E-state index in [1.165, 1.54) is 25.8 Å². The van der Waals surface area contributed by atoms with E-state index in [1.807, 2.05) is 0 Å². The molecule has 2 atom stereocenters. The largest absolute Gasteiger partial charge is 0.392 e. The summed E-state index contributed by atoms with van der Waals surface area (Å²) in [5.41, 5.74) is 0. The van der Waals surface area contributed by atoms with Gasteiger partial charge in [0.15, 0.2) is 0 Å². The Balaban J connectivity index is 1.84. The van der Waals surface area contributed by atoms with Crippen molar-refractivity contribution in [1.29, 1.82) is 0 Å². The summed E-state index contributed by atoms with van der Waals surface area (Å²) in [5, 5.41) is 9.49. The molecule has 0 spiro atoms. The number of rotatable bonds is 3. The highest BCUT2D eigenvalue weighted by atomic mass is 16.3. The Kier molecular flexibility index (Phi) is 2.37. The Morgan fingerprint density at radius 3 is 2.75 bits per heavy atom. The quantitative estimate of drug-likeness (QED) is 0.687. The van der Waals surface area contributed by atoms with E-state index in [2.05, 4.69) is 11.8 Å². The minimum atomic E-state index is -0.0475. The van der Waals surface area contributed by atoms with Gasteiger partial charge >= 0.3 is 0 Å². The summed E-state index contributed by atoms with van der Waals surface area (Å²) in [6.07, 6.45) is 4.99. The minimum absolute atomic E-state index is 0.0475. The third-order valence-corrected chi connectivity index (χ3v) is 3.17. The molecule has 0 bridgehead atoms. The highest BCUT2D eigenvalue weighted by molar-refractivity contribution is 4.88. The SMILES string of the molecule is CC[C@H]1C[C@H](O)CN1CC1CC1. The summed E-state index contributed by atoms with van der Waals surface area (Å²) >= 11 is 0. The lowest BCUT2D eigenvalue weighted by Crippen LogP contribution is -2.31. The number of likely N-dealkylation sites (tertiary alicyclic amines) is 1. The van der Waals surface area contributed by atoms with Crippen LogP contribution in [-0.4, -0.2) is 35.2 Å². The number of aliphatic hydroxyl groups excluding tert-OH is 1. The second-order valence-corrected chi connectivity index (χ2v) is 4.35. The highest BCUT2D eigenvalue weighted by Crippen LogP contribution is 2.32. The van der Waals surface area contributed by atoms with Crippen LogP contribution < -0.4 is 0 Å². The van der Waals surface area contributed by atoms with Crippen molar-refractivity contribution in [3.63, 3.8) is 0 Å². The van der Waals surface area contributed by atoms with Crippen LogP contribution in [0.5, 0.6) is 0 Å². The predicted molar refractivity (Wildman–Crippen MR) is 49.0 cm³/mol. The molecule has 1 heterocycles. The molecule has 1 aliphatic carbocycles. The summed E-state index contributed by atoms with van der Waals surface area (Å²) in [7, 11) is 0. The van der Waals surface area contributed by atoms with E-state index < -0.39 is 0 Å². The van der Waals surface area contributed by atoms with E-state index in [1.54, 1.807) is 0 Å². The van der Waals surface area contributed by atoms with Crippen molar-refractivity contribution < 1.29 is 5.11 Å². The van der Waals surface area contributed by atoms with E-state index in [0.29, 0.717) is 6.04 Å². The number of hydrogen-bond donors (Lipinski definition) is 1. The maximum absolute atomic E-state index is 9.49. The molecule has 70 valence electrons. The van der Waals surface area contributed by atoms with Gasteiger partial charge in [-0.2, -0.15) is 0 Å². The van der Waals surface area contributed by atoms with Gasteiger partial charge in [0.2, 0.25) is 0 Å². The fraction of sp³-hybridized carbons (Fsp3) is 1.00. The van der Waals surface area contributed by atoms with Crippen LogP contribution in [0.1, 0.15) is 32.6 Å². The number of hydrogen-bond acceptors (Lipinski definition) is 2. The summed E-state index contributed by atoms with van der Waals surface area (Å²) in [6, 6.07) is 0.667. The lowest BCUT2D eigenvalue weighted by Gasteiger charge is -2.22. The van der Waals surface area contributed by atoms with Crippen molar-refractivity contribution in [1.82, 2.24) is 4.90 Å². The minimum Gasteiger partial charge on any atom is -0.392 e. The van der Waals surface area contributed by atoms with Crippen molar-refractivity contribution in [2.45, 2.75) is 44.8 Å². The lowest BCUT2D eigenvalue weighted by atomic mass is 10.1. The van der Waals surface area contributed by atoms with E-state index >= 15 is 0 Å². The Morgan fingerprint density at radius 1 is 1.42 bits per heavy atom. The maximum atomic E-state index is 9.49. The molecule has 1 saturated carbocycles. The Labute approximate surface area is 74.6 Å². The topological polar surface area (TPSA) is 23.5 Å². The first-order valence-electron chi connectivity index (χ1n) is 5.21. The zero-order chi connectivity index (χ0) is 8.55. The summed E-state index contributed by atoms with van der Waals surface area (Å²) in [5.74, 6) is 0.962. The predicted octanol–water partition coefficient (Wildman–Crippen LogP) is 1.24. The fourth-order valence-corrected chi connectivity index (χ4v) is 2.24. The molecule has 12 heavy (non-hydrogen) atoms. The van der Waals surface area contributed by atoms with E-state index in [9.17, 15) is 5.11 Å². The molecule has 0 aromatic carbocycles. The second kappa shape index (κ2) is 3.35. The van der Waals surface area contributed by atoms with E-state index in [-0.39, 0.29) is 6.10 Å². The Hall–Kier alpha value is -0.0800. The van der Waals surface area contributed by atoms with Gasteiger partial charge in [-0.3, -0.25) is 4.90 Å². The van der Waals surface area contributed by atoms with Gasteiger partial charge in [-0.15, -0.1) is 0 Å². The van der Waals surface area contributed by atoms with Gasteiger partial charge in [0, 0.05) is 19.1 Å². The monoisotopic (exact) mass is 169 g/mol. The normalized spacial score (nSPS) is 37.5. The average molecular weight is 169 g/mol. The summed E-state index contributed by atoms with van der Waals surface area (Å²) < 4.78 is 0. The van der Waals surface area contributed by atoms with Crippen LogP contribution in [0.3, 0.4) is 0 Å². The molecule has 0 unspecified atom stereocenters. The van der Waals surface area contributed by atoms with Gasteiger partial charge in [0.05, 0.1) is 6.10 Å². The van der Waals surface area contributed by atoms with Crippen LogP contribution in [0.4, 0.5) is 0 Å². The first-order valence-corrected chi connectivity index (χ1v) is 5.21. The van der Waals surface area contributed by atoms with Gasteiger partial charge in [0.25, 0.3) is 0 Å². The number of β-amino-alcohol motifs (C(OH)–C–C–N with tert-alkyl or cyclic N) is 1. The van der Waals surface area contributed by atoms with Crippen molar-refractivity contribution in [3.8, 4) is 0 Å². The van der Waals surface area contributed by atoms with Crippen LogP contribution in [0.2, 0.25) is 0 Å². The molecule has 0 aromatic heterocycles. The third-order valence-electron chi connectivity index (χ3n) is 3.17. The van der Waals surface area contributed by atoms with Gasteiger partial charge in [-0.1, -0.05) is 6.92 Å². The third kappa shape index (κ3) is 1.80. The zero-order valence-electron chi connectivity index (χ0n) is 7.87. The molecule has 2 fully saturated rings. The molecule has 2 rings (SSSR count). The van der Waals surface area contributed by atoms with Crippen LogP contribution in [0, 0.1) is 5.92 Å². The summed E-state index contributed by atoms with van der Waals surface area (Å²) in [6.45, 7) is 4.40. The molecule has 2 nitrogen and oxygen atoms in total. The molecular formula is C10H19NO. The van der Waals surface area contributed by atoms with Crippen LogP contribution in [0.25, 0.3) is 0 Å². The molecule has 0 amide bonds. The van der Waals surface area contributed by atoms with Crippen LogP contribution >= 0.6 is 0 Å². The molecule has 1 saturated heterocycles.